The summed E-state index contributed by atoms with van der Waals surface area (Å²) in [7, 11) is 0. The monoisotopic (exact) mass is 354 g/mol. The van der Waals surface area contributed by atoms with Gasteiger partial charge in [0.15, 0.2) is 0 Å². The number of amides is 2. The lowest BCUT2D eigenvalue weighted by atomic mass is 9.95. The average molecular weight is 354 g/mol. The number of likely N-dealkylation sites (tertiary alicyclic amines) is 1. The smallest absolute Gasteiger partial charge is 0.352 e. The van der Waals surface area contributed by atoms with Crippen molar-refractivity contribution in [3.05, 3.63) is 35.4 Å². The van der Waals surface area contributed by atoms with Crippen LogP contribution in [-0.2, 0) is 22.3 Å². The number of hydrogen-bond donors (Lipinski definition) is 1. The van der Waals surface area contributed by atoms with E-state index in [2.05, 4.69) is 5.32 Å². The lowest BCUT2D eigenvalue weighted by Crippen LogP contribution is -2.43. The van der Waals surface area contributed by atoms with E-state index in [1.54, 1.807) is 6.07 Å². The van der Waals surface area contributed by atoms with Gasteiger partial charge in [0.1, 0.15) is 0 Å². The van der Waals surface area contributed by atoms with Crippen molar-refractivity contribution in [3.63, 3.8) is 0 Å². The molecule has 0 bridgehead atoms. The maximum atomic E-state index is 12.7. The highest BCUT2D eigenvalue weighted by atomic mass is 19.4. The van der Waals surface area contributed by atoms with Crippen LogP contribution in [0.2, 0.25) is 0 Å². The lowest BCUT2D eigenvalue weighted by molar-refractivity contribution is -0.137. The summed E-state index contributed by atoms with van der Waals surface area (Å²) in [5.41, 5.74) is -0.296. The minimum absolute atomic E-state index is 0.0734. The third kappa shape index (κ3) is 4.52. The van der Waals surface area contributed by atoms with Gasteiger partial charge in [0.25, 0.3) is 0 Å². The first-order valence-electron chi connectivity index (χ1n) is 8.57. The first kappa shape index (κ1) is 17.8. The number of hydrogen-bond acceptors (Lipinski definition) is 2. The molecule has 25 heavy (non-hydrogen) atoms. The summed E-state index contributed by atoms with van der Waals surface area (Å²) in [5.74, 6) is 0.0408. The zero-order valence-electron chi connectivity index (χ0n) is 13.8. The molecule has 1 aliphatic carbocycles. The molecule has 2 fully saturated rings. The summed E-state index contributed by atoms with van der Waals surface area (Å²) in [6.45, 7) is 1.23. The lowest BCUT2D eigenvalue weighted by Gasteiger charge is -2.31. The van der Waals surface area contributed by atoms with E-state index in [1.807, 2.05) is 4.90 Å². The molecule has 1 aromatic carbocycles. The van der Waals surface area contributed by atoms with Gasteiger partial charge in [-0.15, -0.1) is 0 Å². The minimum atomic E-state index is -4.39. The van der Waals surface area contributed by atoms with Gasteiger partial charge in [-0.1, -0.05) is 12.1 Å². The molecular weight excluding hydrogens is 333 g/mol. The molecule has 1 aliphatic heterocycles. The SMILES string of the molecule is O=C(NCc1cccc(C(F)(F)F)c1)C1CCN(C(=O)C2CC2)CC1. The quantitative estimate of drug-likeness (QED) is 0.904. The van der Waals surface area contributed by atoms with Gasteiger partial charge >= 0.3 is 6.18 Å². The highest BCUT2D eigenvalue weighted by Gasteiger charge is 2.36. The Hall–Kier alpha value is -2.05. The van der Waals surface area contributed by atoms with E-state index in [1.165, 1.54) is 6.07 Å². The van der Waals surface area contributed by atoms with Gasteiger partial charge in [0.2, 0.25) is 11.8 Å². The topological polar surface area (TPSA) is 49.4 Å². The number of piperidine rings is 1. The molecule has 3 rings (SSSR count). The largest absolute Gasteiger partial charge is 0.416 e. The van der Waals surface area contributed by atoms with E-state index >= 15 is 0 Å². The Labute approximate surface area is 144 Å². The van der Waals surface area contributed by atoms with Crippen molar-refractivity contribution in [2.75, 3.05) is 13.1 Å². The fraction of sp³-hybridized carbons (Fsp3) is 0.556. The maximum absolute atomic E-state index is 12.7. The molecule has 0 aromatic heterocycles. The molecule has 4 nitrogen and oxygen atoms in total. The molecule has 0 radical (unpaired) electrons. The number of nitrogens with one attached hydrogen (secondary N) is 1. The van der Waals surface area contributed by atoms with Gasteiger partial charge in [-0.2, -0.15) is 13.2 Å². The van der Waals surface area contributed by atoms with Crippen LogP contribution in [0.4, 0.5) is 13.2 Å². The average Bonchev–Trinajstić information content (AvgIpc) is 3.44. The number of alkyl halides is 3. The van der Waals surface area contributed by atoms with Crippen LogP contribution in [-0.4, -0.2) is 29.8 Å². The molecule has 2 aliphatic rings. The molecule has 136 valence electrons. The van der Waals surface area contributed by atoms with Crippen molar-refractivity contribution < 1.29 is 22.8 Å². The van der Waals surface area contributed by atoms with Gasteiger partial charge in [0.05, 0.1) is 5.56 Å². The Morgan fingerprint density at radius 3 is 2.36 bits per heavy atom. The van der Waals surface area contributed by atoms with Gasteiger partial charge in [-0.3, -0.25) is 9.59 Å². The number of nitrogens with zero attached hydrogens (tertiary/aromatic N) is 1. The van der Waals surface area contributed by atoms with Gasteiger partial charge in [0, 0.05) is 31.5 Å². The van der Waals surface area contributed by atoms with E-state index in [4.69, 9.17) is 0 Å². The molecule has 7 heteroatoms. The van der Waals surface area contributed by atoms with Crippen LogP contribution >= 0.6 is 0 Å². The number of rotatable bonds is 4. The molecule has 0 spiro atoms. The summed E-state index contributed by atoms with van der Waals surface area (Å²) in [6.07, 6.45) is -1.24. The van der Waals surface area contributed by atoms with E-state index in [0.29, 0.717) is 31.5 Å². The van der Waals surface area contributed by atoms with E-state index in [-0.39, 0.29) is 30.2 Å². The van der Waals surface area contributed by atoms with Crippen LogP contribution in [0.15, 0.2) is 24.3 Å². The summed E-state index contributed by atoms with van der Waals surface area (Å²) < 4.78 is 38.1. The molecule has 1 saturated heterocycles. The number of halogens is 3. The van der Waals surface area contributed by atoms with Gasteiger partial charge < -0.3 is 10.2 Å². The second kappa shape index (κ2) is 7.06. The number of carbonyl (C=O) groups is 2. The number of carbonyl (C=O) groups excluding carboxylic acids is 2. The summed E-state index contributed by atoms with van der Waals surface area (Å²) in [5, 5.41) is 2.72. The van der Waals surface area contributed by atoms with E-state index < -0.39 is 11.7 Å². The van der Waals surface area contributed by atoms with Crippen LogP contribution in [0.5, 0.6) is 0 Å². The van der Waals surface area contributed by atoms with Crippen molar-refractivity contribution in [3.8, 4) is 0 Å². The third-order valence-electron chi connectivity index (χ3n) is 4.83. The van der Waals surface area contributed by atoms with Crippen molar-refractivity contribution in [2.45, 2.75) is 38.4 Å². The Bertz CT molecular complexity index is 648. The fourth-order valence-electron chi connectivity index (χ4n) is 3.14. The predicted octanol–water partition coefficient (Wildman–Crippen LogP) is 2.97. The highest BCUT2D eigenvalue weighted by Crippen LogP contribution is 2.32. The van der Waals surface area contributed by atoms with E-state index in [0.717, 1.165) is 25.0 Å². The zero-order chi connectivity index (χ0) is 18.0. The summed E-state index contributed by atoms with van der Waals surface area (Å²) >= 11 is 0. The van der Waals surface area contributed by atoms with Crippen molar-refractivity contribution in [1.82, 2.24) is 10.2 Å². The first-order chi connectivity index (χ1) is 11.8. The molecule has 1 aromatic rings. The Balaban J connectivity index is 1.48. The van der Waals surface area contributed by atoms with Gasteiger partial charge in [-0.25, -0.2) is 0 Å². The molecule has 1 N–H and O–H groups in total. The maximum Gasteiger partial charge on any atom is 0.416 e. The van der Waals surface area contributed by atoms with Crippen LogP contribution in [0.25, 0.3) is 0 Å². The molecule has 0 unspecified atom stereocenters. The molecular formula is C18H21F3N2O2. The van der Waals surface area contributed by atoms with Gasteiger partial charge in [-0.05, 0) is 43.4 Å². The van der Waals surface area contributed by atoms with Crippen LogP contribution in [0, 0.1) is 11.8 Å². The third-order valence-corrected chi connectivity index (χ3v) is 4.83. The summed E-state index contributed by atoms with van der Waals surface area (Å²) in [6, 6.07) is 4.97. The minimum Gasteiger partial charge on any atom is -0.352 e. The first-order valence-corrected chi connectivity index (χ1v) is 8.57. The Morgan fingerprint density at radius 1 is 1.08 bits per heavy atom. The van der Waals surface area contributed by atoms with Crippen LogP contribution in [0.3, 0.4) is 0 Å². The Kier molecular flexibility index (Phi) is 5.01. The fourth-order valence-corrected chi connectivity index (χ4v) is 3.14. The van der Waals surface area contributed by atoms with Crippen molar-refractivity contribution >= 4 is 11.8 Å². The number of benzene rings is 1. The normalized spacial score (nSPS) is 18.9. The van der Waals surface area contributed by atoms with Crippen LogP contribution < -0.4 is 5.32 Å². The molecule has 2 amide bonds. The second-order valence-corrected chi connectivity index (χ2v) is 6.79. The van der Waals surface area contributed by atoms with Crippen molar-refractivity contribution in [1.29, 1.82) is 0 Å². The zero-order valence-corrected chi connectivity index (χ0v) is 13.8. The molecule has 0 atom stereocenters. The predicted molar refractivity (Wildman–Crippen MR) is 85.3 cm³/mol. The van der Waals surface area contributed by atoms with E-state index in [9.17, 15) is 22.8 Å². The highest BCUT2D eigenvalue weighted by molar-refractivity contribution is 5.82. The summed E-state index contributed by atoms with van der Waals surface area (Å²) in [4.78, 5) is 26.1. The Morgan fingerprint density at radius 2 is 1.76 bits per heavy atom. The molecule has 1 saturated carbocycles. The second-order valence-electron chi connectivity index (χ2n) is 6.79. The van der Waals surface area contributed by atoms with Crippen LogP contribution in [0.1, 0.15) is 36.8 Å². The standard InChI is InChI=1S/C18H21F3N2O2/c19-18(20,21)15-3-1-2-12(10-15)11-22-16(24)13-6-8-23(9-7-13)17(25)14-4-5-14/h1-3,10,13-14H,4-9,11H2,(H,22,24). The van der Waals surface area contributed by atoms with Crippen molar-refractivity contribution in [2.24, 2.45) is 11.8 Å². The molecule has 1 heterocycles.